The molecule has 0 bridgehead atoms. The van der Waals surface area contributed by atoms with Crippen LogP contribution in [0, 0.1) is 5.41 Å². The largest absolute Gasteiger partial charge is 0.497 e. The molecule has 3 N–H and O–H groups in total. The number of likely N-dealkylation sites (tertiary alicyclic amines) is 1. The van der Waals surface area contributed by atoms with Gasteiger partial charge in [0.15, 0.2) is 0 Å². The number of rotatable bonds is 9. The lowest BCUT2D eigenvalue weighted by Gasteiger charge is -2.35. The van der Waals surface area contributed by atoms with Gasteiger partial charge in [-0.1, -0.05) is 63.9 Å². The topological polar surface area (TPSA) is 116 Å². The Morgan fingerprint density at radius 3 is 2.44 bits per heavy atom. The number of benzene rings is 2. The molecule has 0 spiro atoms. The Kier molecular flexibility index (Phi) is 8.47. The second kappa shape index (κ2) is 12.0. The van der Waals surface area contributed by atoms with Gasteiger partial charge < -0.3 is 20.1 Å². The molecule has 0 unspecified atom stereocenters. The van der Waals surface area contributed by atoms with Gasteiger partial charge in [-0.25, -0.2) is 4.98 Å². The smallest absolute Gasteiger partial charge is 0.243 e. The third-order valence-electron chi connectivity index (χ3n) is 7.98. The number of pyridine rings is 1. The first kappa shape index (κ1) is 28.8. The number of aromatic nitrogens is 1. The van der Waals surface area contributed by atoms with Crippen molar-refractivity contribution in [1.29, 1.82) is 0 Å². The van der Waals surface area contributed by atoms with E-state index in [4.69, 9.17) is 25.0 Å². The fraction of sp³-hybridized carbons (Fsp3) is 0.469. The molecule has 2 fully saturated rings. The van der Waals surface area contributed by atoms with E-state index in [0.29, 0.717) is 17.9 Å². The summed E-state index contributed by atoms with van der Waals surface area (Å²) >= 11 is 0. The molecule has 2 aliphatic rings. The summed E-state index contributed by atoms with van der Waals surface area (Å²) in [5, 5.41) is 0.810. The SMILES string of the molecule is COc1ccc2c(O[C@@H]3C[C@@H](C(N)=O)N(C(=O)[C@@H](NOC4CCCC4)C(C)(C)C)C3)cc(-c3ccccc3)nc2c1. The average Bonchev–Trinajstić information content (AvgIpc) is 3.63. The van der Waals surface area contributed by atoms with Gasteiger partial charge in [0.2, 0.25) is 11.8 Å². The monoisotopic (exact) mass is 560 g/mol. The van der Waals surface area contributed by atoms with Crippen LogP contribution < -0.4 is 20.7 Å². The Labute approximate surface area is 241 Å². The first-order valence-corrected chi connectivity index (χ1v) is 14.4. The van der Waals surface area contributed by atoms with E-state index < -0.39 is 29.5 Å². The number of hydroxylamine groups is 1. The Morgan fingerprint density at radius 2 is 1.78 bits per heavy atom. The van der Waals surface area contributed by atoms with Crippen molar-refractivity contribution < 1.29 is 23.9 Å². The third kappa shape index (κ3) is 6.47. The number of nitrogens with two attached hydrogens (primary N) is 1. The molecule has 2 heterocycles. The highest BCUT2D eigenvalue weighted by molar-refractivity contribution is 5.91. The summed E-state index contributed by atoms with van der Waals surface area (Å²) in [5.41, 5.74) is 10.8. The zero-order valence-corrected chi connectivity index (χ0v) is 24.3. The number of amides is 2. The maximum absolute atomic E-state index is 13.9. The van der Waals surface area contributed by atoms with Crippen molar-refractivity contribution in [3.05, 3.63) is 54.6 Å². The first-order chi connectivity index (χ1) is 19.6. The van der Waals surface area contributed by atoms with Gasteiger partial charge in [0, 0.05) is 29.5 Å². The molecular formula is C32H40N4O5. The lowest BCUT2D eigenvalue weighted by atomic mass is 9.86. The van der Waals surface area contributed by atoms with E-state index in [1.165, 1.54) is 0 Å². The van der Waals surface area contributed by atoms with Crippen molar-refractivity contribution in [1.82, 2.24) is 15.4 Å². The third-order valence-corrected chi connectivity index (χ3v) is 7.98. The van der Waals surface area contributed by atoms with Gasteiger partial charge in [-0.15, -0.1) is 0 Å². The Hall–Kier alpha value is -3.69. The quantitative estimate of drug-likeness (QED) is 0.367. The Balaban J connectivity index is 1.42. The predicted molar refractivity (Wildman–Crippen MR) is 157 cm³/mol. The van der Waals surface area contributed by atoms with E-state index in [-0.39, 0.29) is 18.6 Å². The molecule has 41 heavy (non-hydrogen) atoms. The molecule has 218 valence electrons. The number of carbonyl (C=O) groups excluding carboxylic acids is 2. The van der Waals surface area contributed by atoms with Crippen LogP contribution in [0.1, 0.15) is 52.9 Å². The lowest BCUT2D eigenvalue weighted by Crippen LogP contribution is -2.56. The summed E-state index contributed by atoms with van der Waals surface area (Å²) in [4.78, 5) is 38.9. The van der Waals surface area contributed by atoms with Gasteiger partial charge in [0.25, 0.3) is 0 Å². The average molecular weight is 561 g/mol. The van der Waals surface area contributed by atoms with Crippen molar-refractivity contribution in [2.24, 2.45) is 11.1 Å². The molecule has 3 atom stereocenters. The molecule has 1 saturated carbocycles. The van der Waals surface area contributed by atoms with Crippen LogP contribution in [0.2, 0.25) is 0 Å². The second-order valence-corrected chi connectivity index (χ2v) is 12.1. The summed E-state index contributed by atoms with van der Waals surface area (Å²) < 4.78 is 12.0. The van der Waals surface area contributed by atoms with Crippen LogP contribution in [0.25, 0.3) is 22.2 Å². The molecule has 1 aromatic heterocycles. The van der Waals surface area contributed by atoms with Crippen LogP contribution in [-0.2, 0) is 14.4 Å². The fourth-order valence-corrected chi connectivity index (χ4v) is 5.67. The van der Waals surface area contributed by atoms with E-state index in [1.54, 1.807) is 12.0 Å². The van der Waals surface area contributed by atoms with Crippen LogP contribution in [0.5, 0.6) is 11.5 Å². The molecular weight excluding hydrogens is 520 g/mol. The van der Waals surface area contributed by atoms with Gasteiger partial charge in [-0.3, -0.25) is 14.4 Å². The molecule has 1 aliphatic carbocycles. The van der Waals surface area contributed by atoms with Gasteiger partial charge in [-0.2, -0.15) is 5.48 Å². The van der Waals surface area contributed by atoms with E-state index in [2.05, 4.69) is 5.48 Å². The second-order valence-electron chi connectivity index (χ2n) is 12.1. The Bertz CT molecular complexity index is 1380. The molecule has 2 amide bonds. The number of methoxy groups -OCH3 is 1. The van der Waals surface area contributed by atoms with Crippen LogP contribution in [0.3, 0.4) is 0 Å². The van der Waals surface area contributed by atoms with Crippen molar-refractivity contribution in [2.75, 3.05) is 13.7 Å². The van der Waals surface area contributed by atoms with Gasteiger partial charge in [-0.05, 0) is 30.4 Å². The number of hydrogen-bond donors (Lipinski definition) is 2. The van der Waals surface area contributed by atoms with E-state index >= 15 is 0 Å². The number of fused-ring (bicyclic) bond motifs is 1. The van der Waals surface area contributed by atoms with Gasteiger partial charge >= 0.3 is 0 Å². The molecule has 1 aliphatic heterocycles. The molecule has 5 rings (SSSR count). The highest BCUT2D eigenvalue weighted by atomic mass is 16.7. The van der Waals surface area contributed by atoms with Crippen molar-refractivity contribution >= 4 is 22.7 Å². The van der Waals surface area contributed by atoms with Crippen LogP contribution in [0.15, 0.2) is 54.6 Å². The Morgan fingerprint density at radius 1 is 1.05 bits per heavy atom. The van der Waals surface area contributed by atoms with Crippen molar-refractivity contribution in [3.8, 4) is 22.8 Å². The zero-order chi connectivity index (χ0) is 29.1. The number of nitrogens with zero attached hydrogens (tertiary/aromatic N) is 2. The first-order valence-electron chi connectivity index (χ1n) is 14.4. The van der Waals surface area contributed by atoms with E-state index in [1.807, 2.05) is 75.4 Å². The maximum Gasteiger partial charge on any atom is 0.243 e. The minimum absolute atomic E-state index is 0.0895. The highest BCUT2D eigenvalue weighted by Gasteiger charge is 2.45. The molecule has 2 aromatic carbocycles. The summed E-state index contributed by atoms with van der Waals surface area (Å²) in [7, 11) is 1.62. The standard InChI is InChI=1S/C32H40N4O5/c1-32(2,3)29(35-41-21-12-8-9-13-21)31(38)36-19-23(17-27(36)30(33)37)40-28-18-25(20-10-6-5-7-11-20)34-26-16-22(39-4)14-15-24(26)28/h5-7,10-11,14-16,18,21,23,27,29,35H,8-9,12-13,17,19H2,1-4H3,(H2,33,37)/t23-,27+,29-/m1/s1. The summed E-state index contributed by atoms with van der Waals surface area (Å²) in [6.45, 7) is 6.16. The number of primary amides is 1. The predicted octanol–water partition coefficient (Wildman–Crippen LogP) is 4.62. The van der Waals surface area contributed by atoms with Crippen LogP contribution >= 0.6 is 0 Å². The summed E-state index contributed by atoms with van der Waals surface area (Å²) in [6.07, 6.45) is 4.13. The minimum Gasteiger partial charge on any atom is -0.497 e. The fourth-order valence-electron chi connectivity index (χ4n) is 5.67. The lowest BCUT2D eigenvalue weighted by molar-refractivity contribution is -0.149. The molecule has 1 saturated heterocycles. The highest BCUT2D eigenvalue weighted by Crippen LogP contribution is 2.35. The number of ether oxygens (including phenoxy) is 2. The number of carbonyl (C=O) groups is 2. The van der Waals surface area contributed by atoms with Crippen LogP contribution in [0.4, 0.5) is 0 Å². The summed E-state index contributed by atoms with van der Waals surface area (Å²) in [6, 6.07) is 16.0. The van der Waals surface area contributed by atoms with Crippen molar-refractivity contribution in [2.45, 2.75) is 77.2 Å². The summed E-state index contributed by atoms with van der Waals surface area (Å²) in [5.74, 6) is 0.532. The molecule has 9 heteroatoms. The number of hydrogen-bond acceptors (Lipinski definition) is 7. The molecule has 9 nitrogen and oxygen atoms in total. The maximum atomic E-state index is 13.9. The van der Waals surface area contributed by atoms with Crippen molar-refractivity contribution in [3.63, 3.8) is 0 Å². The molecule has 3 aromatic rings. The van der Waals surface area contributed by atoms with Crippen LogP contribution in [-0.4, -0.2) is 59.6 Å². The zero-order valence-electron chi connectivity index (χ0n) is 24.3. The van der Waals surface area contributed by atoms with Gasteiger partial charge in [0.05, 0.1) is 31.0 Å². The van der Waals surface area contributed by atoms with E-state index in [9.17, 15) is 9.59 Å². The van der Waals surface area contributed by atoms with E-state index in [0.717, 1.165) is 47.8 Å². The van der Waals surface area contributed by atoms with Gasteiger partial charge in [0.1, 0.15) is 29.7 Å². The molecule has 0 radical (unpaired) electrons. The minimum atomic E-state index is -0.785. The number of nitrogens with one attached hydrogen (secondary N) is 1. The normalized spacial score (nSPS) is 20.3.